The van der Waals surface area contributed by atoms with Gasteiger partial charge in [0.2, 0.25) is 0 Å². The number of rotatable bonds is 4. The van der Waals surface area contributed by atoms with Crippen LogP contribution in [0.15, 0.2) is 24.3 Å². The van der Waals surface area contributed by atoms with Crippen molar-refractivity contribution in [3.8, 4) is 0 Å². The van der Waals surface area contributed by atoms with Crippen LogP contribution in [-0.2, 0) is 4.79 Å². The van der Waals surface area contributed by atoms with Gasteiger partial charge in [0, 0.05) is 6.42 Å². The number of ketones is 1. The third kappa shape index (κ3) is 3.61. The van der Waals surface area contributed by atoms with Gasteiger partial charge in [-0.15, -0.1) is 0 Å². The minimum Gasteiger partial charge on any atom is -0.386 e. The summed E-state index contributed by atoms with van der Waals surface area (Å²) >= 11 is 0. The van der Waals surface area contributed by atoms with Crippen molar-refractivity contribution in [2.24, 2.45) is 0 Å². The summed E-state index contributed by atoms with van der Waals surface area (Å²) in [4.78, 5) is 11.0. The Bertz CT molecular complexity index is 281. The van der Waals surface area contributed by atoms with Crippen LogP contribution in [-0.4, -0.2) is 27.7 Å². The van der Waals surface area contributed by atoms with E-state index >= 15 is 0 Å². The first kappa shape index (κ1) is 12.1. The first-order chi connectivity index (χ1) is 7.07. The largest absolute Gasteiger partial charge is 0.386 e. The van der Waals surface area contributed by atoms with Crippen LogP contribution in [0.1, 0.15) is 32.6 Å². The second kappa shape index (κ2) is 5.24. The smallest absolute Gasteiger partial charge is 0.183 e. The molecule has 0 aromatic heterocycles. The molecule has 0 aromatic rings. The molecule has 0 heterocycles. The molecule has 3 heteroatoms. The van der Waals surface area contributed by atoms with Crippen LogP contribution in [0.4, 0.5) is 0 Å². The SMILES string of the molecule is CC/C=C\CC[C@]1(O)C=CC(=O)[C@@H](O)C1. The summed E-state index contributed by atoms with van der Waals surface area (Å²) in [5, 5.41) is 19.4. The molecule has 15 heavy (non-hydrogen) atoms. The van der Waals surface area contributed by atoms with E-state index in [2.05, 4.69) is 0 Å². The summed E-state index contributed by atoms with van der Waals surface area (Å²) < 4.78 is 0. The lowest BCUT2D eigenvalue weighted by molar-refractivity contribution is -0.126. The number of hydrogen-bond acceptors (Lipinski definition) is 3. The Morgan fingerprint density at radius 1 is 1.60 bits per heavy atom. The van der Waals surface area contributed by atoms with Gasteiger partial charge in [0.25, 0.3) is 0 Å². The van der Waals surface area contributed by atoms with E-state index in [1.165, 1.54) is 12.2 Å². The number of carbonyl (C=O) groups is 1. The number of hydrogen-bond donors (Lipinski definition) is 2. The molecule has 0 saturated carbocycles. The number of aliphatic hydroxyl groups excluding tert-OH is 1. The van der Waals surface area contributed by atoms with E-state index in [0.717, 1.165) is 12.8 Å². The van der Waals surface area contributed by atoms with Crippen LogP contribution in [0.2, 0.25) is 0 Å². The Kier molecular flexibility index (Phi) is 4.24. The third-order valence-corrected chi connectivity index (χ3v) is 2.58. The lowest BCUT2D eigenvalue weighted by atomic mass is 9.85. The Labute approximate surface area is 90.1 Å². The van der Waals surface area contributed by atoms with Crippen LogP contribution >= 0.6 is 0 Å². The fraction of sp³-hybridized carbons (Fsp3) is 0.583. The molecule has 3 nitrogen and oxygen atoms in total. The first-order valence-corrected chi connectivity index (χ1v) is 5.36. The van der Waals surface area contributed by atoms with Gasteiger partial charge in [-0.2, -0.15) is 0 Å². The van der Waals surface area contributed by atoms with Gasteiger partial charge in [0.05, 0.1) is 5.60 Å². The quantitative estimate of drug-likeness (QED) is 0.689. The van der Waals surface area contributed by atoms with Crippen molar-refractivity contribution < 1.29 is 15.0 Å². The van der Waals surface area contributed by atoms with Gasteiger partial charge in [-0.25, -0.2) is 0 Å². The van der Waals surface area contributed by atoms with Crippen molar-refractivity contribution in [3.05, 3.63) is 24.3 Å². The summed E-state index contributed by atoms with van der Waals surface area (Å²) in [6, 6.07) is 0. The van der Waals surface area contributed by atoms with Gasteiger partial charge in [-0.05, 0) is 31.4 Å². The molecule has 0 radical (unpaired) electrons. The first-order valence-electron chi connectivity index (χ1n) is 5.36. The molecule has 2 N–H and O–H groups in total. The highest BCUT2D eigenvalue weighted by Crippen LogP contribution is 2.25. The molecular weight excluding hydrogens is 192 g/mol. The highest BCUT2D eigenvalue weighted by molar-refractivity contribution is 5.94. The molecule has 0 unspecified atom stereocenters. The molecule has 0 fully saturated rings. The zero-order valence-electron chi connectivity index (χ0n) is 9.02. The normalized spacial score (nSPS) is 31.4. The summed E-state index contributed by atoms with van der Waals surface area (Å²) in [6.45, 7) is 2.05. The van der Waals surface area contributed by atoms with Crippen molar-refractivity contribution in [2.45, 2.75) is 44.3 Å². The number of aliphatic hydroxyl groups is 2. The van der Waals surface area contributed by atoms with Crippen LogP contribution in [0.3, 0.4) is 0 Å². The molecule has 0 bridgehead atoms. The standard InChI is InChI=1S/C12H18O3/c1-2-3-4-5-7-12(15)8-6-10(13)11(14)9-12/h3-4,6,8,11,14-15H,2,5,7,9H2,1H3/b4-3-/t11-,12-/m0/s1. The maximum absolute atomic E-state index is 11.0. The molecule has 0 amide bonds. The molecule has 1 aliphatic carbocycles. The van der Waals surface area contributed by atoms with Gasteiger partial charge >= 0.3 is 0 Å². The number of carbonyl (C=O) groups excluding carboxylic acids is 1. The minimum absolute atomic E-state index is 0.113. The van der Waals surface area contributed by atoms with Crippen LogP contribution in [0.25, 0.3) is 0 Å². The second-order valence-electron chi connectivity index (χ2n) is 3.98. The van der Waals surface area contributed by atoms with Gasteiger partial charge < -0.3 is 10.2 Å². The van der Waals surface area contributed by atoms with Gasteiger partial charge in [0.1, 0.15) is 6.10 Å². The second-order valence-corrected chi connectivity index (χ2v) is 3.98. The zero-order valence-corrected chi connectivity index (χ0v) is 9.02. The fourth-order valence-corrected chi connectivity index (χ4v) is 1.65. The maximum atomic E-state index is 11.0. The lowest BCUT2D eigenvalue weighted by Crippen LogP contribution is -2.38. The molecule has 1 rings (SSSR count). The van der Waals surface area contributed by atoms with E-state index in [4.69, 9.17) is 0 Å². The monoisotopic (exact) mass is 210 g/mol. The van der Waals surface area contributed by atoms with Crippen molar-refractivity contribution in [1.82, 2.24) is 0 Å². The third-order valence-electron chi connectivity index (χ3n) is 2.58. The molecule has 1 aliphatic rings. The van der Waals surface area contributed by atoms with Crippen LogP contribution in [0, 0.1) is 0 Å². The molecule has 2 atom stereocenters. The average molecular weight is 210 g/mol. The number of allylic oxidation sites excluding steroid dienone is 2. The van der Waals surface area contributed by atoms with Crippen LogP contribution < -0.4 is 0 Å². The van der Waals surface area contributed by atoms with Gasteiger partial charge in [-0.3, -0.25) is 4.79 Å². The highest BCUT2D eigenvalue weighted by Gasteiger charge is 2.32. The van der Waals surface area contributed by atoms with E-state index in [-0.39, 0.29) is 12.2 Å². The minimum atomic E-state index is -1.05. The zero-order chi connectivity index (χ0) is 11.3. The molecule has 0 spiro atoms. The van der Waals surface area contributed by atoms with Gasteiger partial charge in [-0.1, -0.05) is 19.1 Å². The summed E-state index contributed by atoms with van der Waals surface area (Å²) in [7, 11) is 0. The summed E-state index contributed by atoms with van der Waals surface area (Å²) in [6.07, 6.45) is 8.18. The Morgan fingerprint density at radius 2 is 2.33 bits per heavy atom. The predicted octanol–water partition coefficient (Wildman–Crippen LogP) is 1.35. The molecule has 0 aliphatic heterocycles. The predicted molar refractivity (Wildman–Crippen MR) is 58.4 cm³/mol. The fourth-order valence-electron chi connectivity index (χ4n) is 1.65. The van der Waals surface area contributed by atoms with Crippen molar-refractivity contribution in [3.63, 3.8) is 0 Å². The lowest BCUT2D eigenvalue weighted by Gasteiger charge is -2.29. The molecule has 0 aromatic carbocycles. The summed E-state index contributed by atoms with van der Waals surface area (Å²) in [5.74, 6) is -0.316. The van der Waals surface area contributed by atoms with Gasteiger partial charge in [0.15, 0.2) is 5.78 Å². The Morgan fingerprint density at radius 3 is 2.93 bits per heavy atom. The van der Waals surface area contributed by atoms with Crippen molar-refractivity contribution in [1.29, 1.82) is 0 Å². The van der Waals surface area contributed by atoms with E-state index < -0.39 is 11.7 Å². The van der Waals surface area contributed by atoms with Crippen molar-refractivity contribution in [2.75, 3.05) is 0 Å². The van der Waals surface area contributed by atoms with Crippen molar-refractivity contribution >= 4 is 5.78 Å². The van der Waals surface area contributed by atoms with E-state index in [0.29, 0.717) is 6.42 Å². The molecule has 84 valence electrons. The van der Waals surface area contributed by atoms with Crippen LogP contribution in [0.5, 0.6) is 0 Å². The summed E-state index contributed by atoms with van der Waals surface area (Å²) in [5.41, 5.74) is -1.02. The average Bonchev–Trinajstić information content (AvgIpc) is 2.20. The topological polar surface area (TPSA) is 57.5 Å². The Balaban J connectivity index is 2.49. The highest BCUT2D eigenvalue weighted by atomic mass is 16.3. The van der Waals surface area contributed by atoms with E-state index in [1.54, 1.807) is 0 Å². The molecular formula is C12H18O3. The van der Waals surface area contributed by atoms with E-state index in [9.17, 15) is 15.0 Å². The Hall–Kier alpha value is -0.930. The maximum Gasteiger partial charge on any atom is 0.183 e. The molecule has 0 saturated heterocycles. The van der Waals surface area contributed by atoms with E-state index in [1.807, 2.05) is 19.1 Å².